The maximum atomic E-state index is 13.6. The van der Waals surface area contributed by atoms with Crippen molar-refractivity contribution in [3.05, 3.63) is 71.0 Å². The average Bonchev–Trinajstić information content (AvgIpc) is 3.08. The van der Waals surface area contributed by atoms with Crippen LogP contribution in [0.15, 0.2) is 48.5 Å². The normalized spacial score (nSPS) is 16.4. The summed E-state index contributed by atoms with van der Waals surface area (Å²) >= 11 is 0. The number of aryl methyl sites for hydroxylation is 2. The molecule has 24 heavy (non-hydrogen) atoms. The van der Waals surface area contributed by atoms with E-state index in [4.69, 9.17) is 0 Å². The molecule has 1 atom stereocenters. The summed E-state index contributed by atoms with van der Waals surface area (Å²) in [4.78, 5) is 2.34. The van der Waals surface area contributed by atoms with Crippen molar-refractivity contribution in [3.63, 3.8) is 0 Å². The Morgan fingerprint density at radius 3 is 2.29 bits per heavy atom. The van der Waals surface area contributed by atoms with Crippen molar-refractivity contribution >= 4 is 0 Å². The predicted octanol–water partition coefficient (Wildman–Crippen LogP) is 3.61. The molecule has 1 aliphatic heterocycles. The lowest BCUT2D eigenvalue weighted by Gasteiger charge is -2.19. The van der Waals surface area contributed by atoms with Gasteiger partial charge in [-0.2, -0.15) is 0 Å². The van der Waals surface area contributed by atoms with Gasteiger partial charge in [-0.3, -0.25) is 0 Å². The Morgan fingerprint density at radius 1 is 0.917 bits per heavy atom. The number of benzene rings is 2. The number of hydrogen-bond acceptors (Lipinski definition) is 2. The molecule has 1 saturated heterocycles. The van der Waals surface area contributed by atoms with Crippen molar-refractivity contribution in [2.24, 2.45) is 0 Å². The van der Waals surface area contributed by atoms with Gasteiger partial charge in [0.2, 0.25) is 0 Å². The largest absolute Gasteiger partial charge is 0.391 e. The number of aliphatic hydroxyl groups excluding tert-OH is 1. The Kier molecular flexibility index (Phi) is 6.00. The first-order valence-electron chi connectivity index (χ1n) is 8.92. The Bertz CT molecular complexity index is 635. The lowest BCUT2D eigenvalue weighted by Crippen LogP contribution is -2.31. The molecule has 0 aromatic heterocycles. The quantitative estimate of drug-likeness (QED) is 0.840. The molecule has 3 heteroatoms. The minimum atomic E-state index is -0.299. The van der Waals surface area contributed by atoms with Gasteiger partial charge in [-0.05, 0) is 68.0 Å². The van der Waals surface area contributed by atoms with E-state index in [-0.39, 0.29) is 11.9 Å². The summed E-state index contributed by atoms with van der Waals surface area (Å²) < 4.78 is 13.6. The summed E-state index contributed by atoms with van der Waals surface area (Å²) in [6.45, 7) is 3.01. The standard InChI is InChI=1S/C21H26FNO/c22-21-6-2-1-5-19(21)12-11-17-7-9-18(10-8-17)15-20(24)16-23-13-3-4-14-23/h1-2,5-10,20,24H,3-4,11-16H2. The van der Waals surface area contributed by atoms with E-state index in [0.717, 1.165) is 37.2 Å². The molecular weight excluding hydrogens is 301 g/mol. The molecule has 2 nitrogen and oxygen atoms in total. The Hall–Kier alpha value is -1.71. The van der Waals surface area contributed by atoms with Crippen molar-refractivity contribution in [2.75, 3.05) is 19.6 Å². The number of aliphatic hydroxyl groups is 1. The SMILES string of the molecule is OC(Cc1ccc(CCc2ccccc2F)cc1)CN1CCCC1. The molecule has 3 rings (SSSR count). The van der Waals surface area contributed by atoms with Gasteiger partial charge >= 0.3 is 0 Å². The second-order valence-electron chi connectivity index (χ2n) is 6.77. The second kappa shape index (κ2) is 8.41. The molecule has 1 aliphatic rings. The summed E-state index contributed by atoms with van der Waals surface area (Å²) in [5.41, 5.74) is 3.13. The third-order valence-electron chi connectivity index (χ3n) is 4.80. The lowest BCUT2D eigenvalue weighted by molar-refractivity contribution is 0.125. The van der Waals surface area contributed by atoms with Crippen LogP contribution >= 0.6 is 0 Å². The molecule has 128 valence electrons. The fourth-order valence-corrected chi connectivity index (χ4v) is 3.42. The molecule has 0 aliphatic carbocycles. The van der Waals surface area contributed by atoms with Crippen LogP contribution in [0.4, 0.5) is 4.39 Å². The van der Waals surface area contributed by atoms with E-state index in [2.05, 4.69) is 29.2 Å². The molecule has 1 heterocycles. The second-order valence-corrected chi connectivity index (χ2v) is 6.77. The van der Waals surface area contributed by atoms with E-state index in [9.17, 15) is 9.50 Å². The Labute approximate surface area is 143 Å². The first kappa shape index (κ1) is 17.1. The van der Waals surface area contributed by atoms with Gasteiger partial charge in [0.15, 0.2) is 0 Å². The monoisotopic (exact) mass is 327 g/mol. The number of hydrogen-bond donors (Lipinski definition) is 1. The Balaban J connectivity index is 1.48. The molecule has 1 unspecified atom stereocenters. The van der Waals surface area contributed by atoms with Gasteiger partial charge in [-0.15, -0.1) is 0 Å². The summed E-state index contributed by atoms with van der Waals surface area (Å²) in [5.74, 6) is -0.126. The van der Waals surface area contributed by atoms with E-state index in [1.54, 1.807) is 6.07 Å². The van der Waals surface area contributed by atoms with Crippen LogP contribution in [-0.4, -0.2) is 35.7 Å². The number of halogens is 1. The highest BCUT2D eigenvalue weighted by Gasteiger charge is 2.15. The highest BCUT2D eigenvalue weighted by atomic mass is 19.1. The van der Waals surface area contributed by atoms with Crippen LogP contribution in [0.3, 0.4) is 0 Å². The molecular formula is C21H26FNO. The molecule has 2 aromatic rings. The molecule has 1 N–H and O–H groups in total. The van der Waals surface area contributed by atoms with Crippen molar-refractivity contribution in [1.29, 1.82) is 0 Å². The van der Waals surface area contributed by atoms with Crippen LogP contribution in [0.1, 0.15) is 29.5 Å². The molecule has 0 bridgehead atoms. The summed E-state index contributed by atoms with van der Waals surface area (Å²) in [6.07, 6.45) is 4.45. The number of nitrogens with zero attached hydrogens (tertiary/aromatic N) is 1. The van der Waals surface area contributed by atoms with Gasteiger partial charge in [0.1, 0.15) is 5.82 Å². The zero-order chi connectivity index (χ0) is 16.8. The minimum Gasteiger partial charge on any atom is -0.391 e. The third-order valence-corrected chi connectivity index (χ3v) is 4.80. The molecule has 2 aromatic carbocycles. The first-order chi connectivity index (χ1) is 11.7. The van der Waals surface area contributed by atoms with Gasteiger partial charge in [0.05, 0.1) is 6.10 Å². The van der Waals surface area contributed by atoms with Crippen molar-refractivity contribution in [2.45, 2.75) is 38.2 Å². The fourth-order valence-electron chi connectivity index (χ4n) is 3.42. The van der Waals surface area contributed by atoms with Gasteiger partial charge < -0.3 is 10.0 Å². The third kappa shape index (κ3) is 4.89. The van der Waals surface area contributed by atoms with Gasteiger partial charge in [0, 0.05) is 6.54 Å². The summed E-state index contributed by atoms with van der Waals surface area (Å²) in [5, 5.41) is 10.2. The van der Waals surface area contributed by atoms with Crippen molar-refractivity contribution in [1.82, 2.24) is 4.90 Å². The fraction of sp³-hybridized carbons (Fsp3) is 0.429. The predicted molar refractivity (Wildman–Crippen MR) is 95.6 cm³/mol. The molecule has 0 amide bonds. The van der Waals surface area contributed by atoms with E-state index in [1.165, 1.54) is 24.5 Å². The van der Waals surface area contributed by atoms with Crippen molar-refractivity contribution < 1.29 is 9.50 Å². The summed E-state index contributed by atoms with van der Waals surface area (Å²) in [6, 6.07) is 15.3. The topological polar surface area (TPSA) is 23.5 Å². The first-order valence-corrected chi connectivity index (χ1v) is 8.92. The molecule has 1 fully saturated rings. The zero-order valence-corrected chi connectivity index (χ0v) is 14.1. The van der Waals surface area contributed by atoms with Gasteiger partial charge in [-0.1, -0.05) is 42.5 Å². The van der Waals surface area contributed by atoms with E-state index < -0.39 is 0 Å². The molecule has 0 saturated carbocycles. The van der Waals surface area contributed by atoms with Crippen LogP contribution in [0, 0.1) is 5.82 Å². The van der Waals surface area contributed by atoms with Crippen LogP contribution in [0.25, 0.3) is 0 Å². The van der Waals surface area contributed by atoms with Crippen LogP contribution in [0.2, 0.25) is 0 Å². The van der Waals surface area contributed by atoms with E-state index in [1.807, 2.05) is 12.1 Å². The smallest absolute Gasteiger partial charge is 0.126 e. The van der Waals surface area contributed by atoms with Crippen molar-refractivity contribution in [3.8, 4) is 0 Å². The van der Waals surface area contributed by atoms with E-state index in [0.29, 0.717) is 12.8 Å². The average molecular weight is 327 g/mol. The van der Waals surface area contributed by atoms with E-state index >= 15 is 0 Å². The van der Waals surface area contributed by atoms with Crippen LogP contribution in [-0.2, 0) is 19.3 Å². The summed E-state index contributed by atoms with van der Waals surface area (Å²) in [7, 11) is 0. The van der Waals surface area contributed by atoms with Crippen LogP contribution in [0.5, 0.6) is 0 Å². The van der Waals surface area contributed by atoms with Crippen LogP contribution < -0.4 is 0 Å². The number of β-amino-alcohol motifs (C(OH)–C–C–N with tert-alkyl or cyclic N) is 1. The van der Waals surface area contributed by atoms with Gasteiger partial charge in [-0.25, -0.2) is 4.39 Å². The highest BCUT2D eigenvalue weighted by Crippen LogP contribution is 2.14. The maximum Gasteiger partial charge on any atom is 0.126 e. The minimum absolute atomic E-state index is 0.126. The highest BCUT2D eigenvalue weighted by molar-refractivity contribution is 5.25. The number of rotatable bonds is 7. The van der Waals surface area contributed by atoms with Gasteiger partial charge in [0.25, 0.3) is 0 Å². The molecule has 0 radical (unpaired) electrons. The Morgan fingerprint density at radius 2 is 1.58 bits per heavy atom. The zero-order valence-electron chi connectivity index (χ0n) is 14.1. The number of likely N-dealkylation sites (tertiary alicyclic amines) is 1. The molecule has 0 spiro atoms. The maximum absolute atomic E-state index is 13.6. The lowest BCUT2D eigenvalue weighted by atomic mass is 10.0.